The van der Waals surface area contributed by atoms with E-state index < -0.39 is 30.3 Å². The average molecular weight is 806 g/mol. The van der Waals surface area contributed by atoms with Crippen molar-refractivity contribution in [1.82, 2.24) is 9.38 Å². The van der Waals surface area contributed by atoms with Crippen LogP contribution in [-0.4, -0.2) is 64.1 Å². The molecule has 0 fully saturated rings. The third-order valence-corrected chi connectivity index (χ3v) is 10.5. The van der Waals surface area contributed by atoms with E-state index >= 15 is 0 Å². The quantitative estimate of drug-likeness (QED) is 0.0693. The number of hydrogen-bond donors (Lipinski definition) is 0. The smallest absolute Gasteiger partial charge is 0.598 e. The van der Waals surface area contributed by atoms with Crippen LogP contribution in [0.5, 0.6) is 11.5 Å². The van der Waals surface area contributed by atoms with Crippen LogP contribution in [0.25, 0.3) is 38.6 Å². The number of fused-ring (bicyclic) bond motifs is 6. The van der Waals surface area contributed by atoms with Crippen molar-refractivity contribution in [1.29, 1.82) is 0 Å². The standard InChI is InChI=1S/C21H13N2O2.4C3H7O.2Al.Ir/c24-18-10-5-11-19(25)20(18)17-12-22-21-15-8-2-1-6-13(15)14-7-3-4-9-16(14)23(17)21;4*1-3(2)4;;;/h1-7,9-12,24-25H;4*3H,1-2H3;;;/q5*-1;2*+3;/p-2. The van der Waals surface area contributed by atoms with Gasteiger partial charge < -0.3 is 27.1 Å². The van der Waals surface area contributed by atoms with Crippen molar-refractivity contribution >= 4 is 57.6 Å². The number of hydrogen-bond acceptors (Lipinski definition) is 7. The molecule has 0 spiro atoms. The molecule has 0 amide bonds. The average Bonchev–Trinajstić information content (AvgIpc) is 3.37. The molecule has 0 saturated heterocycles. The molecule has 0 aliphatic rings. The normalized spacial score (nSPS) is 11.7. The number of rotatable bonds is 13. The van der Waals surface area contributed by atoms with E-state index in [2.05, 4.69) is 28.7 Å². The van der Waals surface area contributed by atoms with Crippen molar-refractivity contribution in [3.05, 3.63) is 72.9 Å². The van der Waals surface area contributed by atoms with Crippen molar-refractivity contribution in [3.63, 3.8) is 0 Å². The summed E-state index contributed by atoms with van der Waals surface area (Å²) in [5, 5.41) is 3.12. The molecule has 0 aliphatic carbocycles. The van der Waals surface area contributed by atoms with E-state index in [1.54, 1.807) is 0 Å². The molecule has 0 bridgehead atoms. The topological polar surface area (TPSA) is 72.7 Å². The first-order valence-electron chi connectivity index (χ1n) is 14.9. The zero-order valence-electron chi connectivity index (χ0n) is 26.5. The Kier molecular flexibility index (Phi) is 12.3. The van der Waals surface area contributed by atoms with E-state index in [-0.39, 0.29) is 44.5 Å². The van der Waals surface area contributed by atoms with Crippen molar-refractivity contribution in [2.75, 3.05) is 0 Å². The predicted molar refractivity (Wildman–Crippen MR) is 172 cm³/mol. The molecule has 5 rings (SSSR count). The van der Waals surface area contributed by atoms with Gasteiger partial charge in [-0.25, -0.2) is 0 Å². The second kappa shape index (κ2) is 15.5. The fourth-order valence-corrected chi connectivity index (χ4v) is 7.86. The van der Waals surface area contributed by atoms with Gasteiger partial charge in [-0.2, -0.15) is 0 Å². The molecular weight excluding hydrogens is 767 g/mol. The first-order valence-corrected chi connectivity index (χ1v) is 17.7. The van der Waals surface area contributed by atoms with Gasteiger partial charge >= 0.3 is 30.3 Å². The minimum absolute atomic E-state index is 0. The van der Waals surface area contributed by atoms with Crippen LogP contribution in [0.3, 0.4) is 0 Å². The van der Waals surface area contributed by atoms with Crippen molar-refractivity contribution in [2.45, 2.75) is 79.8 Å². The summed E-state index contributed by atoms with van der Waals surface area (Å²) in [6.07, 6.45) is 1.63. The molecule has 233 valence electrons. The summed E-state index contributed by atoms with van der Waals surface area (Å²) >= 11 is -5.21. The maximum Gasteiger partial charge on any atom is 1.00 e. The molecule has 2 heterocycles. The second-order valence-electron chi connectivity index (χ2n) is 11.5. The minimum atomic E-state index is -2.61. The summed E-state index contributed by atoms with van der Waals surface area (Å²) in [6.45, 7) is 15.8. The second-order valence-corrected chi connectivity index (χ2v) is 14.2. The van der Waals surface area contributed by atoms with E-state index in [0.717, 1.165) is 38.6 Å². The summed E-state index contributed by atoms with van der Waals surface area (Å²) in [6, 6.07) is 23.5. The van der Waals surface area contributed by atoms with E-state index in [9.17, 15) is 0 Å². The number of benzene rings is 3. The van der Waals surface area contributed by atoms with E-state index in [4.69, 9.17) is 27.7 Å². The Bertz CT molecular complexity index is 1630. The van der Waals surface area contributed by atoms with Crippen LogP contribution < -0.4 is 7.58 Å². The van der Waals surface area contributed by atoms with E-state index in [0.29, 0.717) is 11.5 Å². The van der Waals surface area contributed by atoms with Crippen LogP contribution in [-0.2, 0) is 35.3 Å². The Morgan fingerprint density at radius 2 is 1.18 bits per heavy atom. The Hall–Kier alpha value is -1.98. The van der Waals surface area contributed by atoms with Crippen LogP contribution in [0.1, 0.15) is 55.4 Å². The van der Waals surface area contributed by atoms with Gasteiger partial charge in [-0.05, 0) is 79.0 Å². The maximum atomic E-state index is 6.62. The number of aromatic nitrogens is 2. The molecule has 0 aliphatic heterocycles. The molecule has 44 heavy (non-hydrogen) atoms. The van der Waals surface area contributed by atoms with Crippen LogP contribution in [0.15, 0.2) is 66.9 Å². The molecule has 3 aromatic carbocycles. The third-order valence-electron chi connectivity index (χ3n) is 6.50. The van der Waals surface area contributed by atoms with Gasteiger partial charge in [0.15, 0.2) is 0 Å². The van der Waals surface area contributed by atoms with Crippen LogP contribution in [0.2, 0.25) is 0 Å². The molecule has 0 N–H and O–H groups in total. The Labute approximate surface area is 283 Å². The van der Waals surface area contributed by atoms with Gasteiger partial charge in [-0.1, -0.05) is 29.7 Å². The fraction of sp³-hybridized carbons (Fsp3) is 0.364. The minimum Gasteiger partial charge on any atom is -0.598 e. The predicted octanol–water partition coefficient (Wildman–Crippen LogP) is 7.53. The molecule has 0 saturated carbocycles. The fourth-order valence-electron chi connectivity index (χ4n) is 4.92. The van der Waals surface area contributed by atoms with Crippen LogP contribution in [0.4, 0.5) is 0 Å². The van der Waals surface area contributed by atoms with Gasteiger partial charge in [0.1, 0.15) is 0 Å². The van der Waals surface area contributed by atoms with E-state index in [1.165, 1.54) is 0 Å². The molecule has 0 atom stereocenters. The first-order chi connectivity index (χ1) is 20.6. The number of para-hydroxylation sites is 1. The monoisotopic (exact) mass is 806 g/mol. The van der Waals surface area contributed by atoms with Crippen molar-refractivity contribution in [3.8, 4) is 22.8 Å². The van der Waals surface area contributed by atoms with Crippen LogP contribution >= 0.6 is 0 Å². The maximum absolute atomic E-state index is 6.62. The van der Waals surface area contributed by atoms with E-state index in [1.807, 2.05) is 104 Å². The Balaban J connectivity index is 0.00000442. The zero-order valence-corrected chi connectivity index (χ0v) is 31.2. The Morgan fingerprint density at radius 3 is 1.73 bits per heavy atom. The third kappa shape index (κ3) is 8.05. The molecular formula is C33H39Al2IrN2O6-. The summed E-state index contributed by atoms with van der Waals surface area (Å²) in [5.74, 6) is 1.17. The van der Waals surface area contributed by atoms with Gasteiger partial charge in [0.05, 0.1) is 28.4 Å². The largest absolute Gasteiger partial charge is 1.00 e. The van der Waals surface area contributed by atoms with Gasteiger partial charge in [0.25, 0.3) is 0 Å². The summed E-state index contributed by atoms with van der Waals surface area (Å²) in [7, 11) is 0. The zero-order chi connectivity index (χ0) is 30.7. The van der Waals surface area contributed by atoms with Crippen molar-refractivity contribution in [2.24, 2.45) is 0 Å². The Morgan fingerprint density at radius 1 is 0.659 bits per heavy atom. The van der Waals surface area contributed by atoms with Gasteiger partial charge in [0, 0.05) is 56.2 Å². The van der Waals surface area contributed by atoms with Gasteiger partial charge in [-0.15, -0.1) is 29.7 Å². The first kappa shape index (κ1) is 34.9. The number of nitrogens with zero attached hydrogens (tertiary/aromatic N) is 2. The summed E-state index contributed by atoms with van der Waals surface area (Å²) < 4.78 is 40.1. The van der Waals surface area contributed by atoms with Crippen molar-refractivity contribution < 1.29 is 42.8 Å². The molecule has 8 nitrogen and oxygen atoms in total. The molecule has 1 radical (unpaired) electrons. The van der Waals surface area contributed by atoms with Crippen LogP contribution in [0, 0.1) is 6.07 Å². The summed E-state index contributed by atoms with van der Waals surface area (Å²) in [4.78, 5) is 4.93. The SMILES string of the molecule is CC(C)[O][Al]([O]c1cccc([O][Al]([O]C(C)C)[O]C(C)C)c1-c1cnc2c3[c-]cccc3c3ccccc3n12)[O]C(C)C.[Ir]. The van der Waals surface area contributed by atoms with Gasteiger partial charge in [0.2, 0.25) is 0 Å². The molecule has 5 aromatic rings. The number of imidazole rings is 1. The van der Waals surface area contributed by atoms with Gasteiger partial charge in [-0.3, -0.25) is 4.98 Å². The number of pyridine rings is 1. The summed E-state index contributed by atoms with van der Waals surface area (Å²) in [5.41, 5.74) is 3.33. The molecule has 0 unspecified atom stereocenters. The molecule has 11 heteroatoms. The molecule has 2 aromatic heterocycles.